The van der Waals surface area contributed by atoms with E-state index in [0.29, 0.717) is 42.3 Å². The molecule has 1 unspecified atom stereocenters. The molecule has 0 bridgehead atoms. The fourth-order valence-corrected chi connectivity index (χ4v) is 5.63. The number of likely N-dealkylation sites (N-methyl/N-ethyl adjacent to an activating group) is 1. The topological polar surface area (TPSA) is 67.9 Å². The summed E-state index contributed by atoms with van der Waals surface area (Å²) in [6.45, 7) is 2.11. The molecule has 2 heterocycles. The zero-order valence-electron chi connectivity index (χ0n) is 12.7. The summed E-state index contributed by atoms with van der Waals surface area (Å²) >= 11 is 3.36. The first-order chi connectivity index (χ1) is 10.5. The van der Waals surface area contributed by atoms with Gasteiger partial charge in [-0.3, -0.25) is 0 Å². The second-order valence-electron chi connectivity index (χ2n) is 5.40. The van der Waals surface area contributed by atoms with E-state index in [4.69, 9.17) is 9.47 Å². The molecular weight excluding hydrogens is 408 g/mol. The Hall–Kier alpha value is -0.540. The number of benzene rings is 1. The van der Waals surface area contributed by atoms with Crippen LogP contribution in [0.25, 0.3) is 0 Å². The van der Waals surface area contributed by atoms with Gasteiger partial charge in [-0.05, 0) is 41.9 Å². The maximum Gasteiger partial charge on any atom is 0.244 e. The smallest absolute Gasteiger partial charge is 0.244 e. The van der Waals surface area contributed by atoms with Crippen LogP contribution in [-0.4, -0.2) is 52.1 Å². The van der Waals surface area contributed by atoms with Gasteiger partial charge >= 0.3 is 0 Å². The Morgan fingerprint density at radius 2 is 1.96 bits per heavy atom. The first-order valence-corrected chi connectivity index (χ1v) is 9.53. The SMILES string of the molecule is CNCC1CCCN1S(=O)(=O)c1cc2c(cc1Br)OCCO2.Cl. The first kappa shape index (κ1) is 18.8. The molecule has 23 heavy (non-hydrogen) atoms. The molecule has 2 aliphatic rings. The molecule has 130 valence electrons. The van der Waals surface area contributed by atoms with Gasteiger partial charge in [-0.25, -0.2) is 8.42 Å². The number of rotatable bonds is 4. The fourth-order valence-electron chi connectivity index (χ4n) is 2.93. The van der Waals surface area contributed by atoms with Gasteiger partial charge in [-0.1, -0.05) is 0 Å². The van der Waals surface area contributed by atoms with E-state index in [9.17, 15) is 8.42 Å². The Morgan fingerprint density at radius 3 is 2.61 bits per heavy atom. The first-order valence-electron chi connectivity index (χ1n) is 7.29. The van der Waals surface area contributed by atoms with E-state index in [1.807, 2.05) is 7.05 Å². The van der Waals surface area contributed by atoms with E-state index in [1.54, 1.807) is 16.4 Å². The third-order valence-corrected chi connectivity index (χ3v) is 6.86. The number of nitrogens with one attached hydrogen (secondary N) is 1. The van der Waals surface area contributed by atoms with Crippen molar-refractivity contribution in [3.8, 4) is 11.5 Å². The van der Waals surface area contributed by atoms with Gasteiger partial charge in [0, 0.05) is 29.7 Å². The van der Waals surface area contributed by atoms with Crippen molar-refractivity contribution in [2.75, 3.05) is 33.4 Å². The molecule has 1 N–H and O–H groups in total. The lowest BCUT2D eigenvalue weighted by Crippen LogP contribution is -2.40. The van der Waals surface area contributed by atoms with Gasteiger partial charge in [-0.15, -0.1) is 12.4 Å². The van der Waals surface area contributed by atoms with Crippen LogP contribution >= 0.6 is 28.3 Å². The van der Waals surface area contributed by atoms with Gasteiger partial charge in [0.2, 0.25) is 10.0 Å². The normalized spacial score (nSPS) is 21.0. The van der Waals surface area contributed by atoms with Crippen LogP contribution in [0, 0.1) is 0 Å². The highest BCUT2D eigenvalue weighted by Gasteiger charge is 2.36. The lowest BCUT2D eigenvalue weighted by molar-refractivity contribution is 0.171. The van der Waals surface area contributed by atoms with Crippen molar-refractivity contribution >= 4 is 38.4 Å². The van der Waals surface area contributed by atoms with Crippen molar-refractivity contribution in [1.82, 2.24) is 9.62 Å². The molecule has 6 nitrogen and oxygen atoms in total. The van der Waals surface area contributed by atoms with E-state index in [-0.39, 0.29) is 23.3 Å². The Labute approximate surface area is 151 Å². The predicted octanol–water partition coefficient (Wildman–Crippen LogP) is 2.01. The van der Waals surface area contributed by atoms with Gasteiger partial charge in [0.1, 0.15) is 18.1 Å². The van der Waals surface area contributed by atoms with Crippen LogP contribution in [0.3, 0.4) is 0 Å². The molecule has 0 aromatic heterocycles. The number of fused-ring (bicyclic) bond motifs is 1. The largest absolute Gasteiger partial charge is 0.486 e. The second-order valence-corrected chi connectivity index (χ2v) is 8.11. The minimum absolute atomic E-state index is 0. The Morgan fingerprint density at radius 1 is 1.30 bits per heavy atom. The van der Waals surface area contributed by atoms with E-state index in [1.165, 1.54) is 0 Å². The molecule has 1 fully saturated rings. The molecular formula is C14H20BrClN2O4S. The third kappa shape index (κ3) is 3.61. The maximum atomic E-state index is 13.0. The average molecular weight is 428 g/mol. The number of sulfonamides is 1. The third-order valence-electron chi connectivity index (χ3n) is 3.95. The number of halogens is 2. The Balaban J connectivity index is 0.00000192. The van der Waals surface area contributed by atoms with Crippen LogP contribution in [0.4, 0.5) is 0 Å². The standard InChI is InChI=1S/C14H19BrN2O4S.ClH/c1-16-9-10-3-2-4-17(10)22(18,19)14-8-13-12(7-11(14)15)20-5-6-21-13;/h7-8,10,16H,2-6,9H2,1H3;1H. The van der Waals surface area contributed by atoms with Crippen molar-refractivity contribution in [1.29, 1.82) is 0 Å². The fraction of sp³-hybridized carbons (Fsp3) is 0.571. The van der Waals surface area contributed by atoms with E-state index in [2.05, 4.69) is 21.2 Å². The number of nitrogens with zero attached hydrogens (tertiary/aromatic N) is 1. The summed E-state index contributed by atoms with van der Waals surface area (Å²) in [5.41, 5.74) is 0. The predicted molar refractivity (Wildman–Crippen MR) is 93.2 cm³/mol. The molecule has 1 aromatic carbocycles. The van der Waals surface area contributed by atoms with Crippen LogP contribution < -0.4 is 14.8 Å². The highest BCUT2D eigenvalue weighted by atomic mass is 79.9. The van der Waals surface area contributed by atoms with Crippen molar-refractivity contribution in [3.05, 3.63) is 16.6 Å². The van der Waals surface area contributed by atoms with Crippen molar-refractivity contribution in [3.63, 3.8) is 0 Å². The van der Waals surface area contributed by atoms with Crippen LogP contribution in [0.1, 0.15) is 12.8 Å². The minimum Gasteiger partial charge on any atom is -0.486 e. The molecule has 3 rings (SSSR count). The number of ether oxygens (including phenoxy) is 2. The summed E-state index contributed by atoms with van der Waals surface area (Å²) in [7, 11) is -1.73. The number of hydrogen-bond donors (Lipinski definition) is 1. The van der Waals surface area contributed by atoms with Crippen molar-refractivity contribution in [2.45, 2.75) is 23.8 Å². The summed E-state index contributed by atoms with van der Waals surface area (Å²) in [5, 5.41) is 3.07. The quantitative estimate of drug-likeness (QED) is 0.796. The molecule has 1 saturated heterocycles. The Bertz CT molecular complexity index is 671. The molecule has 0 saturated carbocycles. The van der Waals surface area contributed by atoms with Gasteiger partial charge in [0.25, 0.3) is 0 Å². The molecule has 0 spiro atoms. The van der Waals surface area contributed by atoms with Crippen LogP contribution in [0.2, 0.25) is 0 Å². The van der Waals surface area contributed by atoms with E-state index in [0.717, 1.165) is 12.8 Å². The van der Waals surface area contributed by atoms with Crippen molar-refractivity contribution in [2.24, 2.45) is 0 Å². The molecule has 1 aromatic rings. The van der Waals surface area contributed by atoms with Gasteiger partial charge < -0.3 is 14.8 Å². The molecule has 0 aliphatic carbocycles. The van der Waals surface area contributed by atoms with E-state index >= 15 is 0 Å². The lowest BCUT2D eigenvalue weighted by Gasteiger charge is -2.26. The molecule has 0 radical (unpaired) electrons. The summed E-state index contributed by atoms with van der Waals surface area (Å²) < 4.78 is 39.1. The molecule has 0 amide bonds. The van der Waals surface area contributed by atoms with Gasteiger partial charge in [0.15, 0.2) is 11.5 Å². The highest BCUT2D eigenvalue weighted by molar-refractivity contribution is 9.10. The average Bonchev–Trinajstić information content (AvgIpc) is 2.96. The van der Waals surface area contributed by atoms with E-state index < -0.39 is 10.0 Å². The summed E-state index contributed by atoms with van der Waals surface area (Å²) in [6.07, 6.45) is 1.76. The molecule has 1 atom stereocenters. The number of hydrogen-bond acceptors (Lipinski definition) is 5. The molecule has 2 aliphatic heterocycles. The molecule has 9 heteroatoms. The maximum absolute atomic E-state index is 13.0. The summed E-state index contributed by atoms with van der Waals surface area (Å²) in [5.74, 6) is 1.06. The monoisotopic (exact) mass is 426 g/mol. The lowest BCUT2D eigenvalue weighted by atomic mass is 10.2. The summed E-state index contributed by atoms with van der Waals surface area (Å²) in [4.78, 5) is 0.236. The van der Waals surface area contributed by atoms with Crippen molar-refractivity contribution < 1.29 is 17.9 Å². The Kier molecular flexibility index (Phi) is 6.18. The van der Waals surface area contributed by atoms with Crippen LogP contribution in [0.15, 0.2) is 21.5 Å². The van der Waals surface area contributed by atoms with Gasteiger partial charge in [0.05, 0.1) is 0 Å². The van der Waals surface area contributed by atoms with Crippen LogP contribution in [-0.2, 0) is 10.0 Å². The second kappa shape index (κ2) is 7.57. The van der Waals surface area contributed by atoms with Gasteiger partial charge in [-0.2, -0.15) is 4.31 Å². The minimum atomic E-state index is -3.56. The van der Waals surface area contributed by atoms with Crippen LogP contribution in [0.5, 0.6) is 11.5 Å². The highest BCUT2D eigenvalue weighted by Crippen LogP contribution is 2.39. The zero-order valence-corrected chi connectivity index (χ0v) is 16.0. The summed E-state index contributed by atoms with van der Waals surface area (Å²) in [6, 6.07) is 3.22. The zero-order chi connectivity index (χ0) is 15.7.